The van der Waals surface area contributed by atoms with Crippen LogP contribution >= 0.6 is 15.9 Å². The number of nitrogens with zero attached hydrogens (tertiary/aromatic N) is 4. The Balaban J connectivity index is 1.61. The number of hydrogen-bond donors (Lipinski definition) is 0. The first-order valence-corrected chi connectivity index (χ1v) is 9.48. The molecule has 0 aliphatic carbocycles. The maximum Gasteiger partial charge on any atom is 0.416 e. The van der Waals surface area contributed by atoms with Crippen LogP contribution in [0.2, 0.25) is 0 Å². The van der Waals surface area contributed by atoms with E-state index in [1.807, 2.05) is 6.92 Å². The van der Waals surface area contributed by atoms with Gasteiger partial charge in [0.15, 0.2) is 0 Å². The Bertz CT molecular complexity index is 813. The number of amides is 1. The topological polar surface area (TPSA) is 41.4 Å². The highest BCUT2D eigenvalue weighted by atomic mass is 79.9. The van der Waals surface area contributed by atoms with Gasteiger partial charge in [-0.2, -0.15) is 18.3 Å². The fourth-order valence-corrected chi connectivity index (χ4v) is 3.64. The highest BCUT2D eigenvalue weighted by Gasteiger charge is 2.31. The van der Waals surface area contributed by atoms with E-state index in [9.17, 15) is 18.0 Å². The number of aryl methyl sites for hydroxylation is 1. The van der Waals surface area contributed by atoms with Crippen molar-refractivity contribution in [2.24, 2.45) is 0 Å². The van der Waals surface area contributed by atoms with Crippen molar-refractivity contribution in [3.05, 3.63) is 51.8 Å². The zero-order chi connectivity index (χ0) is 19.6. The summed E-state index contributed by atoms with van der Waals surface area (Å²) < 4.78 is 40.9. The molecule has 1 aromatic carbocycles. The molecule has 0 atom stereocenters. The number of carbonyl (C=O) groups excluding carboxylic acids is 1. The Morgan fingerprint density at radius 2 is 1.93 bits per heavy atom. The molecule has 146 valence electrons. The maximum absolute atomic E-state index is 12.8. The summed E-state index contributed by atoms with van der Waals surface area (Å²) in [4.78, 5) is 16.6. The van der Waals surface area contributed by atoms with E-state index in [1.54, 1.807) is 21.8 Å². The molecule has 9 heteroatoms. The van der Waals surface area contributed by atoms with Gasteiger partial charge in [-0.05, 0) is 34.5 Å². The third-order valence-corrected chi connectivity index (χ3v) is 5.20. The van der Waals surface area contributed by atoms with Gasteiger partial charge in [-0.3, -0.25) is 14.4 Å². The first-order chi connectivity index (χ1) is 12.8. The summed E-state index contributed by atoms with van der Waals surface area (Å²) in [5.74, 6) is -0.0834. The van der Waals surface area contributed by atoms with Crippen LogP contribution in [0.4, 0.5) is 13.2 Å². The van der Waals surface area contributed by atoms with E-state index >= 15 is 0 Å². The first-order valence-electron chi connectivity index (χ1n) is 8.68. The van der Waals surface area contributed by atoms with Crippen LogP contribution in [-0.2, 0) is 19.3 Å². The summed E-state index contributed by atoms with van der Waals surface area (Å²) in [6.07, 6.45) is -2.72. The van der Waals surface area contributed by atoms with Crippen LogP contribution in [0.15, 0.2) is 34.9 Å². The molecule has 1 fully saturated rings. The van der Waals surface area contributed by atoms with Crippen molar-refractivity contribution in [3.8, 4) is 0 Å². The second-order valence-corrected chi connectivity index (χ2v) is 7.28. The fourth-order valence-electron chi connectivity index (χ4n) is 3.18. The largest absolute Gasteiger partial charge is 0.416 e. The predicted octanol–water partition coefficient (Wildman–Crippen LogP) is 3.64. The monoisotopic (exact) mass is 444 g/mol. The van der Waals surface area contributed by atoms with Crippen LogP contribution in [-0.4, -0.2) is 51.7 Å². The van der Waals surface area contributed by atoms with Crippen molar-refractivity contribution < 1.29 is 18.0 Å². The van der Waals surface area contributed by atoms with Crippen molar-refractivity contribution in [1.29, 1.82) is 0 Å². The molecule has 0 radical (unpaired) electrons. The van der Waals surface area contributed by atoms with Crippen molar-refractivity contribution in [1.82, 2.24) is 19.6 Å². The van der Waals surface area contributed by atoms with Crippen molar-refractivity contribution in [3.63, 3.8) is 0 Å². The third kappa shape index (κ3) is 4.52. The van der Waals surface area contributed by atoms with E-state index < -0.39 is 11.7 Å². The van der Waals surface area contributed by atoms with E-state index in [0.717, 1.165) is 6.07 Å². The Hall–Kier alpha value is -1.87. The zero-order valence-electron chi connectivity index (χ0n) is 14.8. The number of halogens is 4. The normalized spacial score (nSPS) is 16.0. The molecule has 5 nitrogen and oxygen atoms in total. The SMILES string of the molecule is CCn1ncc(Br)c1C(=O)N1CCN(Cc2cccc(C(F)(F)F)c2)CC1. The van der Waals surface area contributed by atoms with Crippen LogP contribution in [0.1, 0.15) is 28.5 Å². The second kappa shape index (κ2) is 8.02. The van der Waals surface area contributed by atoms with E-state index in [1.165, 1.54) is 12.1 Å². The number of aromatic nitrogens is 2. The molecule has 1 aromatic heterocycles. The number of rotatable bonds is 4. The smallest absolute Gasteiger partial charge is 0.335 e. The molecule has 2 aromatic rings. The molecule has 0 spiro atoms. The molecule has 0 N–H and O–H groups in total. The quantitative estimate of drug-likeness (QED) is 0.722. The van der Waals surface area contributed by atoms with Gasteiger partial charge in [0.05, 0.1) is 16.2 Å². The minimum Gasteiger partial charge on any atom is -0.335 e. The average molecular weight is 445 g/mol. The van der Waals surface area contributed by atoms with Gasteiger partial charge in [-0.1, -0.05) is 18.2 Å². The van der Waals surface area contributed by atoms with E-state index in [0.29, 0.717) is 55.0 Å². The van der Waals surface area contributed by atoms with Crippen LogP contribution in [0, 0.1) is 0 Å². The molecule has 1 aliphatic rings. The van der Waals surface area contributed by atoms with Crippen LogP contribution in [0.25, 0.3) is 0 Å². The molecule has 1 aliphatic heterocycles. The Labute approximate surface area is 163 Å². The zero-order valence-corrected chi connectivity index (χ0v) is 16.4. The average Bonchev–Trinajstić information content (AvgIpc) is 3.02. The molecule has 3 rings (SSSR count). The lowest BCUT2D eigenvalue weighted by Gasteiger charge is -2.35. The summed E-state index contributed by atoms with van der Waals surface area (Å²) in [5, 5.41) is 4.17. The summed E-state index contributed by atoms with van der Waals surface area (Å²) in [6, 6.07) is 5.40. The molecule has 0 unspecified atom stereocenters. The van der Waals surface area contributed by atoms with Gasteiger partial charge >= 0.3 is 6.18 Å². The molecule has 2 heterocycles. The van der Waals surface area contributed by atoms with E-state index in [-0.39, 0.29) is 5.91 Å². The maximum atomic E-state index is 12.8. The summed E-state index contributed by atoms with van der Waals surface area (Å²) in [5.41, 5.74) is 0.520. The van der Waals surface area contributed by atoms with Crippen molar-refractivity contribution >= 4 is 21.8 Å². The first kappa shape index (κ1) is 19.9. The Kier molecular flexibility index (Phi) is 5.90. The lowest BCUT2D eigenvalue weighted by Crippen LogP contribution is -2.48. The lowest BCUT2D eigenvalue weighted by atomic mass is 10.1. The van der Waals surface area contributed by atoms with Crippen LogP contribution in [0.5, 0.6) is 0 Å². The molecule has 27 heavy (non-hydrogen) atoms. The van der Waals surface area contributed by atoms with Crippen molar-refractivity contribution in [2.45, 2.75) is 26.2 Å². The number of piperazine rings is 1. The predicted molar refractivity (Wildman–Crippen MR) is 98.2 cm³/mol. The molecule has 0 bridgehead atoms. The minimum absolute atomic E-state index is 0.0834. The Morgan fingerprint density at radius 1 is 1.22 bits per heavy atom. The fraction of sp³-hybridized carbons (Fsp3) is 0.444. The molecule has 1 amide bonds. The third-order valence-electron chi connectivity index (χ3n) is 4.62. The number of hydrogen-bond acceptors (Lipinski definition) is 3. The molecular formula is C18H20BrF3N4O. The summed E-state index contributed by atoms with van der Waals surface area (Å²) in [7, 11) is 0. The second-order valence-electron chi connectivity index (χ2n) is 6.42. The van der Waals surface area contributed by atoms with Gasteiger partial charge in [0.25, 0.3) is 5.91 Å². The lowest BCUT2D eigenvalue weighted by molar-refractivity contribution is -0.137. The number of alkyl halides is 3. The van der Waals surface area contributed by atoms with Crippen LogP contribution in [0.3, 0.4) is 0 Å². The molecule has 1 saturated heterocycles. The highest BCUT2D eigenvalue weighted by molar-refractivity contribution is 9.10. The number of carbonyl (C=O) groups is 1. The number of benzene rings is 1. The summed E-state index contributed by atoms with van der Waals surface area (Å²) >= 11 is 3.37. The van der Waals surface area contributed by atoms with Gasteiger partial charge in [0.1, 0.15) is 5.69 Å². The molecular weight excluding hydrogens is 425 g/mol. The highest BCUT2D eigenvalue weighted by Crippen LogP contribution is 2.30. The van der Waals surface area contributed by atoms with E-state index in [4.69, 9.17) is 0 Å². The van der Waals surface area contributed by atoms with Gasteiger partial charge < -0.3 is 4.90 Å². The van der Waals surface area contributed by atoms with Gasteiger partial charge in [0, 0.05) is 39.3 Å². The standard InChI is InChI=1S/C18H20BrF3N4O/c1-2-26-16(15(19)11-23-26)17(27)25-8-6-24(7-9-25)12-13-4-3-5-14(10-13)18(20,21)22/h3-5,10-11H,2,6-9,12H2,1H3. The van der Waals surface area contributed by atoms with Gasteiger partial charge in [-0.15, -0.1) is 0 Å². The molecule has 0 saturated carbocycles. The summed E-state index contributed by atoms with van der Waals surface area (Å²) in [6.45, 7) is 5.23. The minimum atomic E-state index is -4.34. The van der Waals surface area contributed by atoms with Gasteiger partial charge in [0.2, 0.25) is 0 Å². The van der Waals surface area contributed by atoms with E-state index in [2.05, 4.69) is 25.9 Å². The van der Waals surface area contributed by atoms with Crippen LogP contribution < -0.4 is 0 Å². The Morgan fingerprint density at radius 3 is 2.56 bits per heavy atom. The van der Waals surface area contributed by atoms with Crippen molar-refractivity contribution in [2.75, 3.05) is 26.2 Å². The van der Waals surface area contributed by atoms with Gasteiger partial charge in [-0.25, -0.2) is 0 Å².